The molecule has 0 aliphatic rings. The fourth-order valence-electron chi connectivity index (χ4n) is 1.23. The Hall–Kier alpha value is -1.97. The fraction of sp³-hybridized carbons (Fsp3) is 0. The summed E-state index contributed by atoms with van der Waals surface area (Å²) in [5.74, 6) is -0.527. The summed E-state index contributed by atoms with van der Waals surface area (Å²) < 4.78 is 15.1. The molecule has 2 aromatic rings. The van der Waals surface area contributed by atoms with Gasteiger partial charge in [-0.1, -0.05) is 6.07 Å². The van der Waals surface area contributed by atoms with E-state index >= 15 is 0 Å². The highest BCUT2D eigenvalue weighted by Crippen LogP contribution is 2.15. The van der Waals surface area contributed by atoms with Gasteiger partial charge in [0, 0.05) is 12.4 Å². The average Bonchev–Trinajstić information content (AvgIpc) is 2.71. The van der Waals surface area contributed by atoms with E-state index in [2.05, 4.69) is 4.98 Å². The van der Waals surface area contributed by atoms with Crippen molar-refractivity contribution >= 4 is 6.29 Å². The minimum absolute atomic E-state index is 0.0520. The molecule has 0 spiro atoms. The molecular weight excluding hydrogens is 183 g/mol. The molecule has 0 fully saturated rings. The first-order valence-electron chi connectivity index (χ1n) is 4.05. The molecule has 2 rings (SSSR count). The zero-order valence-electron chi connectivity index (χ0n) is 7.22. The van der Waals surface area contributed by atoms with Gasteiger partial charge < -0.3 is 4.57 Å². The summed E-state index contributed by atoms with van der Waals surface area (Å²) in [6, 6.07) is 4.65. The highest BCUT2D eigenvalue weighted by atomic mass is 19.1. The second-order valence-electron chi connectivity index (χ2n) is 2.77. The number of rotatable bonds is 2. The van der Waals surface area contributed by atoms with Crippen LogP contribution < -0.4 is 0 Å². The maximum absolute atomic E-state index is 13.6. The van der Waals surface area contributed by atoms with Crippen LogP contribution >= 0.6 is 0 Å². The molecule has 0 saturated carbocycles. The molecule has 0 aliphatic heterocycles. The van der Waals surface area contributed by atoms with Crippen LogP contribution in [0.15, 0.2) is 36.9 Å². The van der Waals surface area contributed by atoms with E-state index in [0.29, 0.717) is 12.0 Å². The van der Waals surface area contributed by atoms with Crippen LogP contribution in [0.2, 0.25) is 0 Å². The molecule has 0 saturated heterocycles. The molecule has 1 aromatic carbocycles. The Bertz CT molecular complexity index is 451. The van der Waals surface area contributed by atoms with Crippen LogP contribution in [-0.2, 0) is 0 Å². The first kappa shape index (κ1) is 8.62. The van der Waals surface area contributed by atoms with Crippen molar-refractivity contribution in [1.82, 2.24) is 9.55 Å². The van der Waals surface area contributed by atoms with Crippen LogP contribution in [0.4, 0.5) is 4.39 Å². The smallest absolute Gasteiger partial charge is 0.157 e. The molecule has 4 heteroatoms. The monoisotopic (exact) mass is 190 g/mol. The number of imidazole rings is 1. The third-order valence-corrected chi connectivity index (χ3v) is 1.92. The molecule has 0 bridgehead atoms. The first-order chi connectivity index (χ1) is 6.83. The number of nitrogens with zero attached hydrogens (tertiary/aromatic N) is 2. The molecule has 0 aliphatic carbocycles. The van der Waals surface area contributed by atoms with Gasteiger partial charge in [0.2, 0.25) is 0 Å². The van der Waals surface area contributed by atoms with Crippen molar-refractivity contribution in [1.29, 1.82) is 0 Å². The second kappa shape index (κ2) is 3.41. The lowest BCUT2D eigenvalue weighted by Crippen LogP contribution is -1.98. The Morgan fingerprint density at radius 3 is 2.93 bits per heavy atom. The lowest BCUT2D eigenvalue weighted by atomic mass is 10.2. The first-order valence-corrected chi connectivity index (χ1v) is 4.05. The van der Waals surface area contributed by atoms with E-state index in [9.17, 15) is 9.18 Å². The van der Waals surface area contributed by atoms with Crippen molar-refractivity contribution in [2.75, 3.05) is 0 Å². The Morgan fingerprint density at radius 1 is 1.43 bits per heavy atom. The molecule has 14 heavy (non-hydrogen) atoms. The van der Waals surface area contributed by atoms with Gasteiger partial charge in [-0.05, 0) is 12.1 Å². The van der Waals surface area contributed by atoms with Crippen LogP contribution in [0.3, 0.4) is 0 Å². The molecule has 0 amide bonds. The maximum Gasteiger partial charge on any atom is 0.157 e. The van der Waals surface area contributed by atoms with Gasteiger partial charge in [0.15, 0.2) is 12.1 Å². The third-order valence-electron chi connectivity index (χ3n) is 1.92. The average molecular weight is 190 g/mol. The van der Waals surface area contributed by atoms with Crippen LogP contribution in [0.25, 0.3) is 5.69 Å². The van der Waals surface area contributed by atoms with Gasteiger partial charge >= 0.3 is 0 Å². The Labute approximate surface area is 79.8 Å². The minimum Gasteiger partial charge on any atom is -0.303 e. The van der Waals surface area contributed by atoms with Gasteiger partial charge in [0.1, 0.15) is 0 Å². The van der Waals surface area contributed by atoms with Crippen molar-refractivity contribution in [3.05, 3.63) is 48.3 Å². The van der Waals surface area contributed by atoms with Gasteiger partial charge in [0.25, 0.3) is 0 Å². The van der Waals surface area contributed by atoms with E-state index < -0.39 is 5.82 Å². The second-order valence-corrected chi connectivity index (χ2v) is 2.77. The molecule has 3 nitrogen and oxygen atoms in total. The zero-order valence-corrected chi connectivity index (χ0v) is 7.22. The molecule has 0 N–H and O–H groups in total. The van der Waals surface area contributed by atoms with E-state index in [-0.39, 0.29) is 5.56 Å². The van der Waals surface area contributed by atoms with Crippen LogP contribution in [-0.4, -0.2) is 15.8 Å². The van der Waals surface area contributed by atoms with Gasteiger partial charge in [0.05, 0.1) is 17.6 Å². The van der Waals surface area contributed by atoms with E-state index in [4.69, 9.17) is 0 Å². The molecule has 1 heterocycles. The lowest BCUT2D eigenvalue weighted by Gasteiger charge is -2.04. The van der Waals surface area contributed by atoms with Crippen LogP contribution in [0, 0.1) is 5.82 Å². The predicted octanol–water partition coefficient (Wildman–Crippen LogP) is 1.82. The van der Waals surface area contributed by atoms with Crippen LogP contribution in [0.5, 0.6) is 0 Å². The maximum atomic E-state index is 13.6. The topological polar surface area (TPSA) is 34.9 Å². The predicted molar refractivity (Wildman–Crippen MR) is 48.9 cm³/mol. The quantitative estimate of drug-likeness (QED) is 0.677. The highest BCUT2D eigenvalue weighted by Gasteiger charge is 2.07. The summed E-state index contributed by atoms with van der Waals surface area (Å²) in [6.07, 6.45) is 5.14. The standard InChI is InChI=1S/C10H7FN2O/c11-10-8(6-14)2-1-3-9(10)13-5-4-12-7-13/h1-7H. The number of benzene rings is 1. The van der Waals surface area contributed by atoms with E-state index in [1.165, 1.54) is 17.0 Å². The normalized spacial score (nSPS) is 10.1. The summed E-state index contributed by atoms with van der Waals surface area (Å²) in [4.78, 5) is 14.3. The van der Waals surface area contributed by atoms with E-state index in [1.807, 2.05) is 0 Å². The summed E-state index contributed by atoms with van der Waals surface area (Å²) in [6.45, 7) is 0. The van der Waals surface area contributed by atoms with Gasteiger partial charge in [-0.25, -0.2) is 9.37 Å². The summed E-state index contributed by atoms with van der Waals surface area (Å²) in [5, 5.41) is 0. The zero-order chi connectivity index (χ0) is 9.97. The third kappa shape index (κ3) is 1.31. The SMILES string of the molecule is O=Cc1cccc(-n2ccnc2)c1F. The number of hydrogen-bond donors (Lipinski definition) is 0. The minimum atomic E-state index is -0.527. The molecule has 0 atom stereocenters. The van der Waals surface area contributed by atoms with Crippen molar-refractivity contribution in [2.24, 2.45) is 0 Å². The van der Waals surface area contributed by atoms with Gasteiger partial charge in [-0.2, -0.15) is 0 Å². The number of halogens is 1. The molecule has 0 radical (unpaired) electrons. The van der Waals surface area contributed by atoms with Crippen molar-refractivity contribution in [2.45, 2.75) is 0 Å². The van der Waals surface area contributed by atoms with Crippen molar-refractivity contribution in [3.63, 3.8) is 0 Å². The summed E-state index contributed by atoms with van der Waals surface area (Å²) in [5.41, 5.74) is 0.378. The van der Waals surface area contributed by atoms with Gasteiger partial charge in [-0.15, -0.1) is 0 Å². The molecule has 0 unspecified atom stereocenters. The van der Waals surface area contributed by atoms with Crippen molar-refractivity contribution in [3.8, 4) is 5.69 Å². The molecule has 70 valence electrons. The number of aldehydes is 1. The number of aromatic nitrogens is 2. The molecule has 1 aromatic heterocycles. The fourth-order valence-corrected chi connectivity index (χ4v) is 1.23. The van der Waals surface area contributed by atoms with Crippen molar-refractivity contribution < 1.29 is 9.18 Å². The van der Waals surface area contributed by atoms with Gasteiger partial charge in [-0.3, -0.25) is 4.79 Å². The summed E-state index contributed by atoms with van der Waals surface area (Å²) >= 11 is 0. The number of carbonyl (C=O) groups excluding carboxylic acids is 1. The Kier molecular flexibility index (Phi) is 2.10. The summed E-state index contributed by atoms with van der Waals surface area (Å²) in [7, 11) is 0. The lowest BCUT2D eigenvalue weighted by molar-refractivity contribution is 0.112. The Morgan fingerprint density at radius 2 is 2.29 bits per heavy atom. The number of hydrogen-bond acceptors (Lipinski definition) is 2. The highest BCUT2D eigenvalue weighted by molar-refractivity contribution is 5.76. The van der Waals surface area contributed by atoms with Crippen LogP contribution in [0.1, 0.15) is 10.4 Å². The van der Waals surface area contributed by atoms with E-state index in [1.54, 1.807) is 24.5 Å². The number of carbonyl (C=O) groups is 1. The molecular formula is C10H7FN2O. The van der Waals surface area contributed by atoms with E-state index in [0.717, 1.165) is 0 Å². The Balaban J connectivity index is 2.60. The largest absolute Gasteiger partial charge is 0.303 e.